The number of ether oxygens (including phenoxy) is 4. The molecule has 0 spiro atoms. The third-order valence-electron chi connectivity index (χ3n) is 4.81. The number of esters is 1. The number of thiophene rings is 1. The lowest BCUT2D eigenvalue weighted by Crippen LogP contribution is -2.07. The number of hydrogen-bond acceptors (Lipinski definition) is 7. The number of methoxy groups -OCH3 is 1. The highest BCUT2D eigenvalue weighted by molar-refractivity contribution is 7.12. The van der Waals surface area contributed by atoms with Crippen molar-refractivity contribution in [3.05, 3.63) is 80.6 Å². The average Bonchev–Trinajstić information content (AvgIpc) is 3.47. The van der Waals surface area contributed by atoms with Crippen molar-refractivity contribution in [3.8, 4) is 17.2 Å². The lowest BCUT2D eigenvalue weighted by atomic mass is 10.1. The maximum atomic E-state index is 12.3. The predicted molar refractivity (Wildman–Crippen MR) is 130 cm³/mol. The molecule has 0 amide bonds. The van der Waals surface area contributed by atoms with E-state index in [1.54, 1.807) is 19.3 Å². The molecule has 1 aliphatic rings. The van der Waals surface area contributed by atoms with E-state index < -0.39 is 5.97 Å². The summed E-state index contributed by atoms with van der Waals surface area (Å²) in [7, 11) is 1.57. The summed E-state index contributed by atoms with van der Waals surface area (Å²) in [5.41, 5.74) is 1.84. The topological polar surface area (TPSA) is 66.4 Å². The monoisotopic (exact) mass is 483 g/mol. The highest BCUT2D eigenvalue weighted by atomic mass is 35.5. The molecule has 3 aromatic rings. The van der Waals surface area contributed by atoms with Crippen LogP contribution in [0.4, 0.5) is 0 Å². The van der Waals surface area contributed by atoms with E-state index in [2.05, 4.69) is 4.99 Å². The molecule has 1 aliphatic heterocycles. The van der Waals surface area contributed by atoms with E-state index in [-0.39, 0.29) is 5.70 Å². The SMILES string of the molecule is COc1cccc(C=C2N=C(c3cccs3)OC2=O)c1OCCCOc1ccc(Cl)c(C)c1. The van der Waals surface area contributed by atoms with Crippen LogP contribution in [0.1, 0.15) is 22.4 Å². The summed E-state index contributed by atoms with van der Waals surface area (Å²) in [6, 6.07) is 14.8. The van der Waals surface area contributed by atoms with Gasteiger partial charge in [-0.15, -0.1) is 11.3 Å². The number of aryl methyl sites for hydroxylation is 1. The summed E-state index contributed by atoms with van der Waals surface area (Å²) >= 11 is 7.51. The zero-order chi connectivity index (χ0) is 23.2. The first kappa shape index (κ1) is 22.9. The van der Waals surface area contributed by atoms with E-state index in [9.17, 15) is 4.79 Å². The number of rotatable bonds is 9. The average molecular weight is 484 g/mol. The Labute approximate surface area is 201 Å². The highest BCUT2D eigenvalue weighted by Gasteiger charge is 2.25. The second-order valence-electron chi connectivity index (χ2n) is 7.15. The maximum absolute atomic E-state index is 12.3. The Balaban J connectivity index is 1.43. The molecule has 8 heteroatoms. The van der Waals surface area contributed by atoms with E-state index in [1.807, 2.05) is 54.8 Å². The van der Waals surface area contributed by atoms with Gasteiger partial charge in [-0.1, -0.05) is 29.8 Å². The fourth-order valence-corrected chi connectivity index (χ4v) is 3.92. The van der Waals surface area contributed by atoms with Gasteiger partial charge in [0.15, 0.2) is 17.2 Å². The summed E-state index contributed by atoms with van der Waals surface area (Å²) in [6.45, 7) is 2.81. The summed E-state index contributed by atoms with van der Waals surface area (Å²) in [5, 5.41) is 2.61. The van der Waals surface area contributed by atoms with Crippen molar-refractivity contribution in [2.75, 3.05) is 20.3 Å². The number of para-hydroxylation sites is 1. The van der Waals surface area contributed by atoms with Crippen LogP contribution in [-0.4, -0.2) is 32.2 Å². The first-order valence-corrected chi connectivity index (χ1v) is 11.6. The van der Waals surface area contributed by atoms with Crippen molar-refractivity contribution in [2.24, 2.45) is 4.99 Å². The predicted octanol–water partition coefficient (Wildman–Crippen LogP) is 5.91. The number of nitrogens with zero attached hydrogens (tertiary/aromatic N) is 1. The number of halogens is 1. The molecule has 2 heterocycles. The molecular formula is C25H22ClNO5S. The largest absolute Gasteiger partial charge is 0.493 e. The third kappa shape index (κ3) is 5.56. The van der Waals surface area contributed by atoms with Crippen molar-refractivity contribution in [2.45, 2.75) is 13.3 Å². The standard InChI is InChI=1S/C25H22ClNO5S/c1-16-14-18(9-10-19(16)26)30-11-5-12-31-23-17(6-3-7-21(23)29-2)15-20-25(28)32-24(27-20)22-8-4-13-33-22/h3-4,6-10,13-15H,5,11-12H2,1-2H3. The van der Waals surface area contributed by atoms with Gasteiger partial charge in [-0.25, -0.2) is 9.79 Å². The first-order chi connectivity index (χ1) is 16.0. The van der Waals surface area contributed by atoms with Gasteiger partial charge in [0.25, 0.3) is 0 Å². The van der Waals surface area contributed by atoms with Crippen LogP contribution in [-0.2, 0) is 9.53 Å². The van der Waals surface area contributed by atoms with Crippen LogP contribution in [0.3, 0.4) is 0 Å². The minimum atomic E-state index is -0.501. The molecule has 2 aromatic carbocycles. The number of hydrogen-bond donors (Lipinski definition) is 0. The van der Waals surface area contributed by atoms with Crippen LogP contribution in [0.5, 0.6) is 17.2 Å². The van der Waals surface area contributed by atoms with Crippen LogP contribution in [0.25, 0.3) is 6.08 Å². The molecule has 0 bridgehead atoms. The van der Waals surface area contributed by atoms with E-state index in [4.69, 9.17) is 30.5 Å². The molecule has 0 unspecified atom stereocenters. The Bertz CT molecular complexity index is 1200. The fraction of sp³-hybridized carbons (Fsp3) is 0.200. The minimum Gasteiger partial charge on any atom is -0.493 e. The number of benzene rings is 2. The second kappa shape index (κ2) is 10.6. The van der Waals surface area contributed by atoms with Gasteiger partial charge in [0.05, 0.1) is 25.2 Å². The Morgan fingerprint density at radius 3 is 2.73 bits per heavy atom. The van der Waals surface area contributed by atoms with Gasteiger partial charge in [0.1, 0.15) is 5.75 Å². The van der Waals surface area contributed by atoms with Crippen molar-refractivity contribution in [1.82, 2.24) is 0 Å². The zero-order valence-corrected chi connectivity index (χ0v) is 19.7. The van der Waals surface area contributed by atoms with Crippen molar-refractivity contribution >= 4 is 40.9 Å². The molecule has 0 atom stereocenters. The van der Waals surface area contributed by atoms with Gasteiger partial charge in [-0.3, -0.25) is 0 Å². The number of carbonyl (C=O) groups is 1. The third-order valence-corrected chi connectivity index (χ3v) is 6.09. The van der Waals surface area contributed by atoms with Crippen LogP contribution in [0, 0.1) is 6.92 Å². The maximum Gasteiger partial charge on any atom is 0.363 e. The van der Waals surface area contributed by atoms with Gasteiger partial charge in [-0.05, 0) is 54.3 Å². The summed E-state index contributed by atoms with van der Waals surface area (Å²) in [6.07, 6.45) is 2.30. The smallest absolute Gasteiger partial charge is 0.363 e. The number of cyclic esters (lactones) is 1. The molecule has 4 rings (SSSR count). The van der Waals surface area contributed by atoms with Gasteiger partial charge in [-0.2, -0.15) is 0 Å². The Kier molecular flexibility index (Phi) is 7.32. The lowest BCUT2D eigenvalue weighted by Gasteiger charge is -2.14. The Hall–Kier alpha value is -3.29. The molecule has 0 saturated heterocycles. The quantitative estimate of drug-likeness (QED) is 0.215. The van der Waals surface area contributed by atoms with Crippen molar-refractivity contribution in [1.29, 1.82) is 0 Å². The number of aliphatic imine (C=N–C) groups is 1. The highest BCUT2D eigenvalue weighted by Crippen LogP contribution is 2.34. The van der Waals surface area contributed by atoms with Gasteiger partial charge >= 0.3 is 5.97 Å². The molecule has 170 valence electrons. The fourth-order valence-electron chi connectivity index (χ4n) is 3.15. The first-order valence-electron chi connectivity index (χ1n) is 10.3. The van der Waals surface area contributed by atoms with Gasteiger partial charge in [0.2, 0.25) is 5.90 Å². The second-order valence-corrected chi connectivity index (χ2v) is 8.51. The molecule has 1 aromatic heterocycles. The molecule has 0 aliphatic carbocycles. The Morgan fingerprint density at radius 2 is 1.97 bits per heavy atom. The molecule has 33 heavy (non-hydrogen) atoms. The van der Waals surface area contributed by atoms with Crippen LogP contribution in [0.2, 0.25) is 5.02 Å². The molecule has 0 saturated carbocycles. The number of carbonyl (C=O) groups excluding carboxylic acids is 1. The van der Waals surface area contributed by atoms with Crippen LogP contribution < -0.4 is 14.2 Å². The van der Waals surface area contributed by atoms with Gasteiger partial charge in [0, 0.05) is 17.0 Å². The van der Waals surface area contributed by atoms with E-state index in [0.717, 1.165) is 16.2 Å². The molecule has 6 nitrogen and oxygen atoms in total. The van der Waals surface area contributed by atoms with E-state index in [1.165, 1.54) is 11.3 Å². The van der Waals surface area contributed by atoms with Crippen molar-refractivity contribution < 1.29 is 23.7 Å². The molecule has 0 radical (unpaired) electrons. The van der Waals surface area contributed by atoms with E-state index >= 15 is 0 Å². The summed E-state index contributed by atoms with van der Waals surface area (Å²) in [5.74, 6) is 1.66. The van der Waals surface area contributed by atoms with Gasteiger partial charge < -0.3 is 18.9 Å². The summed E-state index contributed by atoms with van der Waals surface area (Å²) in [4.78, 5) is 17.5. The zero-order valence-electron chi connectivity index (χ0n) is 18.2. The van der Waals surface area contributed by atoms with Crippen LogP contribution in [0.15, 0.2) is 64.6 Å². The normalized spacial score (nSPS) is 14.2. The summed E-state index contributed by atoms with van der Waals surface area (Å²) < 4.78 is 22.6. The minimum absolute atomic E-state index is 0.206. The van der Waals surface area contributed by atoms with Crippen LogP contribution >= 0.6 is 22.9 Å². The lowest BCUT2D eigenvalue weighted by molar-refractivity contribution is -0.129. The van der Waals surface area contributed by atoms with E-state index in [0.29, 0.717) is 47.6 Å². The molecular weight excluding hydrogens is 462 g/mol. The van der Waals surface area contributed by atoms with Crippen molar-refractivity contribution in [3.63, 3.8) is 0 Å². The molecule has 0 fully saturated rings. The molecule has 0 N–H and O–H groups in total. The Morgan fingerprint density at radius 1 is 1.12 bits per heavy atom.